The van der Waals surface area contributed by atoms with E-state index < -0.39 is 10.3 Å². The molecule has 8 heavy (non-hydrogen) atoms. The Labute approximate surface area is 52.8 Å². The van der Waals surface area contributed by atoms with Gasteiger partial charge in [-0.1, -0.05) is 0 Å². The molecule has 0 saturated heterocycles. The van der Waals surface area contributed by atoms with Crippen molar-refractivity contribution in [2.24, 2.45) is 5.14 Å². The summed E-state index contributed by atoms with van der Waals surface area (Å²) in [5, 5.41) is 4.41. The third-order valence-electron chi connectivity index (χ3n) is 0.325. The second-order valence-electron chi connectivity index (χ2n) is 1.00. The van der Waals surface area contributed by atoms with Crippen molar-refractivity contribution in [2.75, 3.05) is 12.5 Å². The summed E-state index contributed by atoms with van der Waals surface area (Å²) >= 11 is 5.06. The van der Waals surface area contributed by atoms with Crippen molar-refractivity contribution in [1.82, 2.24) is 0 Å². The zero-order valence-electron chi connectivity index (χ0n) is 4.00. The Morgan fingerprint density at radius 2 is 2.12 bits per heavy atom. The van der Waals surface area contributed by atoms with Crippen LogP contribution in [-0.4, -0.2) is 20.9 Å². The molecule has 0 aliphatic rings. The molecular weight excluding hydrogens is 154 g/mol. The van der Waals surface area contributed by atoms with Gasteiger partial charge in [0.25, 0.3) is 0 Å². The molecule has 0 aliphatic heterocycles. The van der Waals surface area contributed by atoms with E-state index >= 15 is 0 Å². The van der Waals surface area contributed by atoms with Crippen LogP contribution < -0.4 is 5.14 Å². The molecule has 0 rings (SSSR count). The Morgan fingerprint density at radius 1 is 1.62 bits per heavy atom. The van der Waals surface area contributed by atoms with Gasteiger partial charge >= 0.3 is 10.3 Å². The molecule has 0 aromatic carbocycles. The van der Waals surface area contributed by atoms with E-state index in [2.05, 4.69) is 9.32 Å². The summed E-state index contributed by atoms with van der Waals surface area (Å²) in [6.45, 7) is -0.0691. The monoisotopic (exact) mass is 159 g/mol. The molecule has 50 valence electrons. The maximum Gasteiger partial charge on any atom is 0.333 e. The smallest absolute Gasteiger partial charge is 0.257 e. The number of alkyl halides is 1. The molecule has 2 N–H and O–H groups in total. The van der Waals surface area contributed by atoms with Crippen LogP contribution in [0, 0.1) is 0 Å². The quantitative estimate of drug-likeness (QED) is 0.562. The van der Waals surface area contributed by atoms with Crippen LogP contribution in [0.1, 0.15) is 0 Å². The Morgan fingerprint density at radius 3 is 2.25 bits per heavy atom. The highest BCUT2D eigenvalue weighted by molar-refractivity contribution is 7.84. The minimum absolute atomic E-state index is 0.0691. The van der Waals surface area contributed by atoms with Crippen molar-refractivity contribution < 1.29 is 12.6 Å². The number of hydrogen-bond acceptors (Lipinski definition) is 3. The van der Waals surface area contributed by atoms with Gasteiger partial charge in [0.15, 0.2) is 0 Å². The molecule has 0 atom stereocenters. The first-order chi connectivity index (χ1) is 3.56. The highest BCUT2D eigenvalue weighted by atomic mass is 35.5. The van der Waals surface area contributed by atoms with Gasteiger partial charge in [-0.2, -0.15) is 8.42 Å². The van der Waals surface area contributed by atoms with Gasteiger partial charge in [0, 0.05) is 5.88 Å². The minimum atomic E-state index is -3.77. The van der Waals surface area contributed by atoms with Gasteiger partial charge in [-0.15, -0.1) is 11.6 Å². The lowest BCUT2D eigenvalue weighted by Gasteiger charge is -1.93. The maximum absolute atomic E-state index is 9.89. The molecule has 4 nitrogen and oxygen atoms in total. The van der Waals surface area contributed by atoms with Crippen molar-refractivity contribution in [1.29, 1.82) is 0 Å². The van der Waals surface area contributed by atoms with Gasteiger partial charge in [-0.25, -0.2) is 5.14 Å². The number of hydrogen-bond donors (Lipinski definition) is 1. The summed E-state index contributed by atoms with van der Waals surface area (Å²) in [7, 11) is -3.77. The molecule has 0 spiro atoms. The number of nitrogens with two attached hydrogens (primary N) is 1. The van der Waals surface area contributed by atoms with Crippen LogP contribution in [0.15, 0.2) is 0 Å². The van der Waals surface area contributed by atoms with Gasteiger partial charge in [0.2, 0.25) is 0 Å². The van der Waals surface area contributed by atoms with Crippen LogP contribution >= 0.6 is 11.6 Å². The molecular formula is C2H6ClNO3S. The molecule has 0 heterocycles. The van der Waals surface area contributed by atoms with E-state index in [1.165, 1.54) is 0 Å². The summed E-state index contributed by atoms with van der Waals surface area (Å²) in [5.41, 5.74) is 0. The van der Waals surface area contributed by atoms with Crippen LogP contribution in [0.4, 0.5) is 0 Å². The van der Waals surface area contributed by atoms with Crippen molar-refractivity contribution in [3.63, 3.8) is 0 Å². The third kappa shape index (κ3) is 6.16. The lowest BCUT2D eigenvalue weighted by molar-refractivity contribution is 0.341. The zero-order valence-corrected chi connectivity index (χ0v) is 5.57. The lowest BCUT2D eigenvalue weighted by atomic mass is 10.9. The van der Waals surface area contributed by atoms with Crippen molar-refractivity contribution in [2.45, 2.75) is 0 Å². The standard InChI is InChI=1S/C2H6ClNO3S/c3-1-2-7-8(4,5)6/h1-2H2,(H2,4,5,6). The largest absolute Gasteiger partial charge is 0.333 e. The Bertz CT molecular complexity index is 141. The fourth-order valence-corrected chi connectivity index (χ4v) is 0.632. The van der Waals surface area contributed by atoms with E-state index in [4.69, 9.17) is 11.6 Å². The van der Waals surface area contributed by atoms with Gasteiger partial charge in [-0.3, -0.25) is 4.18 Å². The van der Waals surface area contributed by atoms with E-state index in [-0.39, 0.29) is 12.5 Å². The Kier molecular flexibility index (Phi) is 3.30. The summed E-state index contributed by atoms with van der Waals surface area (Å²) in [6.07, 6.45) is 0. The molecule has 0 amide bonds. The van der Waals surface area contributed by atoms with Crippen LogP contribution in [0.2, 0.25) is 0 Å². The van der Waals surface area contributed by atoms with Gasteiger partial charge < -0.3 is 0 Å². The summed E-state index contributed by atoms with van der Waals surface area (Å²) < 4.78 is 23.8. The van der Waals surface area contributed by atoms with Crippen LogP contribution in [0.5, 0.6) is 0 Å². The molecule has 0 aromatic heterocycles. The molecule has 0 fully saturated rings. The van der Waals surface area contributed by atoms with Crippen molar-refractivity contribution in [3.05, 3.63) is 0 Å². The molecule has 0 saturated carbocycles. The Hall–Kier alpha value is 0.160. The minimum Gasteiger partial charge on any atom is -0.257 e. The van der Waals surface area contributed by atoms with E-state index in [9.17, 15) is 8.42 Å². The van der Waals surface area contributed by atoms with E-state index in [1.807, 2.05) is 0 Å². The SMILES string of the molecule is NS(=O)(=O)OCCCl. The van der Waals surface area contributed by atoms with Crippen LogP contribution in [-0.2, 0) is 14.5 Å². The van der Waals surface area contributed by atoms with Gasteiger partial charge in [0.05, 0.1) is 6.61 Å². The molecule has 0 aliphatic carbocycles. The highest BCUT2D eigenvalue weighted by Gasteiger charge is 1.98. The molecule has 0 aromatic rings. The van der Waals surface area contributed by atoms with E-state index in [1.54, 1.807) is 0 Å². The summed E-state index contributed by atoms with van der Waals surface area (Å²) in [6, 6.07) is 0. The van der Waals surface area contributed by atoms with Gasteiger partial charge in [-0.05, 0) is 0 Å². The maximum atomic E-state index is 9.89. The Balaban J connectivity index is 3.42. The second-order valence-corrected chi connectivity index (χ2v) is 2.60. The number of halogens is 1. The number of rotatable bonds is 3. The van der Waals surface area contributed by atoms with E-state index in [0.717, 1.165) is 0 Å². The van der Waals surface area contributed by atoms with Gasteiger partial charge in [0.1, 0.15) is 0 Å². The topological polar surface area (TPSA) is 69.4 Å². The first-order valence-corrected chi connectivity index (χ1v) is 3.80. The lowest BCUT2D eigenvalue weighted by Crippen LogP contribution is -2.16. The third-order valence-corrected chi connectivity index (χ3v) is 0.974. The predicted octanol–water partition coefficient (Wildman–Crippen LogP) is -0.555. The first kappa shape index (κ1) is 8.16. The molecule has 0 unspecified atom stereocenters. The van der Waals surface area contributed by atoms with Crippen molar-refractivity contribution >= 4 is 21.9 Å². The predicted molar refractivity (Wildman–Crippen MR) is 29.8 cm³/mol. The molecule has 6 heteroatoms. The van der Waals surface area contributed by atoms with Crippen LogP contribution in [0.25, 0.3) is 0 Å². The summed E-state index contributed by atoms with van der Waals surface area (Å²) in [5.74, 6) is 0.121. The van der Waals surface area contributed by atoms with Crippen molar-refractivity contribution in [3.8, 4) is 0 Å². The average Bonchev–Trinajstić information content (AvgIpc) is 1.59. The van der Waals surface area contributed by atoms with Crippen LogP contribution in [0.3, 0.4) is 0 Å². The fourth-order valence-electron chi connectivity index (χ4n) is 0.148. The summed E-state index contributed by atoms with van der Waals surface area (Å²) in [4.78, 5) is 0. The second kappa shape index (κ2) is 3.24. The average molecular weight is 160 g/mol. The first-order valence-electron chi connectivity index (χ1n) is 1.79. The fraction of sp³-hybridized carbons (Fsp3) is 1.00. The zero-order chi connectivity index (χ0) is 6.62. The molecule has 0 bridgehead atoms. The molecule has 0 radical (unpaired) electrons. The highest BCUT2D eigenvalue weighted by Crippen LogP contribution is 1.82. The normalized spacial score (nSPS) is 11.8. The van der Waals surface area contributed by atoms with E-state index in [0.29, 0.717) is 0 Å².